The van der Waals surface area contributed by atoms with Crippen LogP contribution in [0, 0.1) is 0 Å². The van der Waals surface area contributed by atoms with Crippen LogP contribution in [0.25, 0.3) is 21.7 Å². The second kappa shape index (κ2) is 6.55. The number of thiazole rings is 1. The van der Waals surface area contributed by atoms with Gasteiger partial charge in [-0.25, -0.2) is 4.98 Å². The van der Waals surface area contributed by atoms with Crippen molar-refractivity contribution in [3.05, 3.63) is 60.7 Å². The number of benzene rings is 2. The molecule has 2 heterocycles. The lowest BCUT2D eigenvalue weighted by Gasteiger charge is -2.25. The Labute approximate surface area is 141 Å². The minimum atomic E-state index is 1.11. The van der Waals surface area contributed by atoms with Gasteiger partial charge in [-0.15, -0.1) is 0 Å². The van der Waals surface area contributed by atoms with E-state index in [2.05, 4.69) is 65.6 Å². The van der Waals surface area contributed by atoms with Gasteiger partial charge in [-0.05, 0) is 24.8 Å². The molecule has 0 spiro atoms. The Hall–Kier alpha value is -2.13. The molecule has 23 heavy (non-hydrogen) atoms. The Bertz CT molecular complexity index is 702. The van der Waals surface area contributed by atoms with E-state index in [0.717, 1.165) is 18.8 Å². The highest BCUT2D eigenvalue weighted by atomic mass is 32.1. The normalized spacial score (nSPS) is 14.9. The predicted octanol–water partition coefficient (Wildman–Crippen LogP) is 5.47. The molecule has 116 valence electrons. The van der Waals surface area contributed by atoms with E-state index in [1.165, 1.54) is 40.4 Å². The van der Waals surface area contributed by atoms with Crippen molar-refractivity contribution in [2.45, 2.75) is 19.3 Å². The first-order valence-corrected chi connectivity index (χ1v) is 9.10. The van der Waals surface area contributed by atoms with Crippen molar-refractivity contribution in [1.29, 1.82) is 0 Å². The van der Waals surface area contributed by atoms with Gasteiger partial charge in [-0.2, -0.15) is 0 Å². The number of nitrogens with zero attached hydrogens (tertiary/aromatic N) is 2. The zero-order valence-electron chi connectivity index (χ0n) is 13.1. The van der Waals surface area contributed by atoms with Gasteiger partial charge < -0.3 is 4.90 Å². The highest BCUT2D eigenvalue weighted by Gasteiger charge is 2.19. The van der Waals surface area contributed by atoms with E-state index < -0.39 is 0 Å². The van der Waals surface area contributed by atoms with Crippen LogP contribution in [0.2, 0.25) is 0 Å². The molecular formula is C20H20N2S. The number of hydrogen-bond donors (Lipinski definition) is 0. The standard InChI is InChI=1S/C20H20N2S/c1-4-10-16(11-5-1)18-19(17-12-6-2-7-13-17)23-20(21-18)22-14-8-3-9-15-22/h1-2,4-7,10-13H,3,8-9,14-15H2. The lowest BCUT2D eigenvalue weighted by atomic mass is 10.1. The first-order valence-electron chi connectivity index (χ1n) is 8.28. The third-order valence-electron chi connectivity index (χ3n) is 4.33. The zero-order chi connectivity index (χ0) is 15.5. The summed E-state index contributed by atoms with van der Waals surface area (Å²) >= 11 is 1.83. The molecule has 2 nitrogen and oxygen atoms in total. The van der Waals surface area contributed by atoms with Crippen LogP contribution in [0.3, 0.4) is 0 Å². The summed E-state index contributed by atoms with van der Waals surface area (Å²) in [6, 6.07) is 21.2. The summed E-state index contributed by atoms with van der Waals surface area (Å²) in [7, 11) is 0. The minimum Gasteiger partial charge on any atom is -0.348 e. The van der Waals surface area contributed by atoms with Gasteiger partial charge in [0.25, 0.3) is 0 Å². The Kier molecular flexibility index (Phi) is 4.12. The van der Waals surface area contributed by atoms with Gasteiger partial charge in [-0.1, -0.05) is 72.0 Å². The molecule has 0 aliphatic carbocycles. The molecule has 0 atom stereocenters. The second-order valence-corrected chi connectivity index (χ2v) is 6.93. The Morgan fingerprint density at radius 1 is 0.739 bits per heavy atom. The van der Waals surface area contributed by atoms with Gasteiger partial charge in [-0.3, -0.25) is 0 Å². The molecule has 0 saturated carbocycles. The van der Waals surface area contributed by atoms with E-state index >= 15 is 0 Å². The Morgan fingerprint density at radius 2 is 1.35 bits per heavy atom. The molecule has 0 radical (unpaired) electrons. The van der Waals surface area contributed by atoms with E-state index in [9.17, 15) is 0 Å². The third-order valence-corrected chi connectivity index (χ3v) is 5.49. The van der Waals surface area contributed by atoms with Crippen molar-refractivity contribution in [2.24, 2.45) is 0 Å². The van der Waals surface area contributed by atoms with Crippen molar-refractivity contribution in [3.63, 3.8) is 0 Å². The highest BCUT2D eigenvalue weighted by Crippen LogP contribution is 2.40. The number of anilines is 1. The Morgan fingerprint density at radius 3 is 2.00 bits per heavy atom. The minimum absolute atomic E-state index is 1.11. The molecule has 0 unspecified atom stereocenters. The summed E-state index contributed by atoms with van der Waals surface area (Å²) in [4.78, 5) is 8.75. The van der Waals surface area contributed by atoms with Crippen LogP contribution >= 0.6 is 11.3 Å². The van der Waals surface area contributed by atoms with Crippen molar-refractivity contribution in [2.75, 3.05) is 18.0 Å². The van der Waals surface area contributed by atoms with Crippen molar-refractivity contribution in [1.82, 2.24) is 4.98 Å². The molecule has 1 saturated heterocycles. The maximum absolute atomic E-state index is 5.02. The predicted molar refractivity (Wildman–Crippen MR) is 99.1 cm³/mol. The largest absolute Gasteiger partial charge is 0.348 e. The average molecular weight is 320 g/mol. The van der Waals surface area contributed by atoms with Crippen LogP contribution in [0.5, 0.6) is 0 Å². The SMILES string of the molecule is c1ccc(-c2nc(N3CCCCC3)sc2-c2ccccc2)cc1. The van der Waals surface area contributed by atoms with Gasteiger partial charge in [0.15, 0.2) is 5.13 Å². The average Bonchev–Trinajstić information content (AvgIpc) is 3.09. The molecule has 0 bridgehead atoms. The lowest BCUT2D eigenvalue weighted by Crippen LogP contribution is -2.29. The lowest BCUT2D eigenvalue weighted by molar-refractivity contribution is 0.577. The number of aromatic nitrogens is 1. The molecule has 4 rings (SSSR count). The van der Waals surface area contributed by atoms with Gasteiger partial charge in [0, 0.05) is 18.7 Å². The molecule has 0 N–H and O–H groups in total. The van der Waals surface area contributed by atoms with Gasteiger partial charge in [0.1, 0.15) is 0 Å². The smallest absolute Gasteiger partial charge is 0.186 e. The first-order chi connectivity index (χ1) is 11.4. The van der Waals surface area contributed by atoms with E-state index in [0.29, 0.717) is 0 Å². The van der Waals surface area contributed by atoms with Crippen LogP contribution in [0.15, 0.2) is 60.7 Å². The fourth-order valence-corrected chi connectivity index (χ4v) is 4.25. The molecule has 3 heteroatoms. The van der Waals surface area contributed by atoms with E-state index in [1.807, 2.05) is 11.3 Å². The van der Waals surface area contributed by atoms with E-state index in [1.54, 1.807) is 0 Å². The molecular weight excluding hydrogens is 300 g/mol. The van der Waals surface area contributed by atoms with Crippen LogP contribution in [-0.2, 0) is 0 Å². The summed E-state index contributed by atoms with van der Waals surface area (Å²) in [6.45, 7) is 2.27. The van der Waals surface area contributed by atoms with Crippen molar-refractivity contribution < 1.29 is 0 Å². The fraction of sp³-hybridized carbons (Fsp3) is 0.250. The molecule has 1 aliphatic rings. The number of piperidine rings is 1. The fourth-order valence-electron chi connectivity index (χ4n) is 3.11. The first kappa shape index (κ1) is 14.5. The molecule has 3 aromatic rings. The highest BCUT2D eigenvalue weighted by molar-refractivity contribution is 7.19. The second-order valence-electron chi connectivity index (χ2n) is 5.95. The van der Waals surface area contributed by atoms with Crippen LogP contribution < -0.4 is 4.90 Å². The molecule has 0 amide bonds. The van der Waals surface area contributed by atoms with Crippen LogP contribution in [-0.4, -0.2) is 18.1 Å². The van der Waals surface area contributed by atoms with Crippen molar-refractivity contribution >= 4 is 16.5 Å². The monoisotopic (exact) mass is 320 g/mol. The number of hydrogen-bond acceptors (Lipinski definition) is 3. The van der Waals surface area contributed by atoms with Gasteiger partial charge >= 0.3 is 0 Å². The van der Waals surface area contributed by atoms with Crippen LogP contribution in [0.4, 0.5) is 5.13 Å². The summed E-state index contributed by atoms with van der Waals surface area (Å²) in [5.74, 6) is 0. The summed E-state index contributed by atoms with van der Waals surface area (Å²) < 4.78 is 0. The molecule has 2 aromatic carbocycles. The maximum Gasteiger partial charge on any atom is 0.186 e. The van der Waals surface area contributed by atoms with Crippen molar-refractivity contribution in [3.8, 4) is 21.7 Å². The van der Waals surface area contributed by atoms with E-state index in [-0.39, 0.29) is 0 Å². The van der Waals surface area contributed by atoms with Gasteiger partial charge in [0.2, 0.25) is 0 Å². The molecule has 1 aromatic heterocycles. The number of rotatable bonds is 3. The van der Waals surface area contributed by atoms with E-state index in [4.69, 9.17) is 4.98 Å². The quantitative estimate of drug-likeness (QED) is 0.636. The molecule has 1 fully saturated rings. The maximum atomic E-state index is 5.02. The summed E-state index contributed by atoms with van der Waals surface area (Å²) in [5, 5.41) is 1.17. The van der Waals surface area contributed by atoms with Gasteiger partial charge in [0.05, 0.1) is 10.6 Å². The topological polar surface area (TPSA) is 16.1 Å². The van der Waals surface area contributed by atoms with Crippen LogP contribution in [0.1, 0.15) is 19.3 Å². The summed E-state index contributed by atoms with van der Waals surface area (Å²) in [6.07, 6.45) is 3.90. The third kappa shape index (κ3) is 3.02. The zero-order valence-corrected chi connectivity index (χ0v) is 13.9. The molecule has 1 aliphatic heterocycles. The summed E-state index contributed by atoms with van der Waals surface area (Å²) in [5.41, 5.74) is 3.57. The Balaban J connectivity index is 1.81.